The van der Waals surface area contributed by atoms with Crippen molar-refractivity contribution in [2.45, 2.75) is 39.7 Å². The Bertz CT molecular complexity index is 593. The molecular formula is C15H19NO. The molecule has 0 atom stereocenters. The molecule has 2 rings (SSSR count). The molecule has 1 aromatic carbocycles. The minimum Gasteiger partial charge on any atom is -0.306 e. The minimum absolute atomic E-state index is 0.0739. The van der Waals surface area contributed by atoms with Crippen LogP contribution in [0.1, 0.15) is 45.2 Å². The summed E-state index contributed by atoms with van der Waals surface area (Å²) in [4.78, 5) is 11.9. The SMILES string of the molecule is CC(C)c1ccc2c(ccc(=O)n2C(C)C)c1. The lowest BCUT2D eigenvalue weighted by molar-refractivity contribution is 0.600. The number of hydrogen-bond donors (Lipinski definition) is 0. The fraction of sp³-hybridized carbons (Fsp3) is 0.400. The minimum atomic E-state index is 0.0739. The van der Waals surface area contributed by atoms with Crippen molar-refractivity contribution in [3.05, 3.63) is 46.2 Å². The van der Waals surface area contributed by atoms with Gasteiger partial charge in [-0.25, -0.2) is 0 Å². The smallest absolute Gasteiger partial charge is 0.251 e. The summed E-state index contributed by atoms with van der Waals surface area (Å²) in [5.41, 5.74) is 2.41. The highest BCUT2D eigenvalue weighted by Crippen LogP contribution is 2.21. The van der Waals surface area contributed by atoms with Crippen LogP contribution < -0.4 is 5.56 Å². The topological polar surface area (TPSA) is 22.0 Å². The van der Waals surface area contributed by atoms with Gasteiger partial charge in [-0.1, -0.05) is 19.9 Å². The Labute approximate surface area is 102 Å². The van der Waals surface area contributed by atoms with Crippen molar-refractivity contribution < 1.29 is 0 Å². The molecule has 0 fully saturated rings. The lowest BCUT2D eigenvalue weighted by atomic mass is 10.0. The summed E-state index contributed by atoms with van der Waals surface area (Å²) in [5, 5.41) is 1.14. The number of hydrogen-bond acceptors (Lipinski definition) is 1. The molecule has 0 radical (unpaired) electrons. The second-order valence-electron chi connectivity index (χ2n) is 5.11. The summed E-state index contributed by atoms with van der Waals surface area (Å²) >= 11 is 0. The third-order valence-electron chi connectivity index (χ3n) is 3.14. The van der Waals surface area contributed by atoms with E-state index in [9.17, 15) is 4.79 Å². The van der Waals surface area contributed by atoms with Crippen LogP contribution in [0.2, 0.25) is 0 Å². The molecule has 0 aliphatic heterocycles. The number of nitrogens with zero attached hydrogens (tertiary/aromatic N) is 1. The summed E-state index contributed by atoms with van der Waals surface area (Å²) < 4.78 is 1.85. The highest BCUT2D eigenvalue weighted by Gasteiger charge is 2.07. The second kappa shape index (κ2) is 4.36. The van der Waals surface area contributed by atoms with Gasteiger partial charge in [0.05, 0.1) is 5.52 Å². The molecule has 0 unspecified atom stereocenters. The quantitative estimate of drug-likeness (QED) is 0.769. The van der Waals surface area contributed by atoms with Gasteiger partial charge < -0.3 is 4.57 Å². The molecule has 0 saturated heterocycles. The number of aromatic nitrogens is 1. The summed E-state index contributed by atoms with van der Waals surface area (Å²) in [6, 6.07) is 10.1. The number of rotatable bonds is 2. The first-order chi connectivity index (χ1) is 8.00. The predicted octanol–water partition coefficient (Wildman–Crippen LogP) is 3.71. The summed E-state index contributed by atoms with van der Waals surface area (Å²) in [5.74, 6) is 0.513. The van der Waals surface area contributed by atoms with E-state index in [-0.39, 0.29) is 11.6 Å². The van der Waals surface area contributed by atoms with E-state index in [1.165, 1.54) is 5.56 Å². The summed E-state index contributed by atoms with van der Waals surface area (Å²) in [7, 11) is 0. The van der Waals surface area contributed by atoms with E-state index in [0.717, 1.165) is 10.9 Å². The fourth-order valence-electron chi connectivity index (χ4n) is 2.18. The largest absolute Gasteiger partial charge is 0.306 e. The van der Waals surface area contributed by atoms with E-state index < -0.39 is 0 Å². The van der Waals surface area contributed by atoms with Gasteiger partial charge in [-0.05, 0) is 48.9 Å². The Morgan fingerprint density at radius 3 is 2.29 bits per heavy atom. The van der Waals surface area contributed by atoms with Crippen LogP contribution in [0, 0.1) is 0 Å². The van der Waals surface area contributed by atoms with Gasteiger partial charge in [0, 0.05) is 12.1 Å². The van der Waals surface area contributed by atoms with Crippen LogP contribution in [0.4, 0.5) is 0 Å². The van der Waals surface area contributed by atoms with Gasteiger partial charge in [-0.15, -0.1) is 0 Å². The average molecular weight is 229 g/mol. The van der Waals surface area contributed by atoms with Gasteiger partial charge >= 0.3 is 0 Å². The second-order valence-corrected chi connectivity index (χ2v) is 5.11. The molecule has 17 heavy (non-hydrogen) atoms. The molecule has 0 spiro atoms. The molecule has 0 saturated carbocycles. The number of benzene rings is 1. The van der Waals surface area contributed by atoms with E-state index in [1.54, 1.807) is 6.07 Å². The first-order valence-electron chi connectivity index (χ1n) is 6.16. The van der Waals surface area contributed by atoms with Crippen LogP contribution in [0.25, 0.3) is 10.9 Å². The van der Waals surface area contributed by atoms with Crippen molar-refractivity contribution in [2.75, 3.05) is 0 Å². The molecule has 2 nitrogen and oxygen atoms in total. The molecule has 0 amide bonds. The van der Waals surface area contributed by atoms with E-state index in [4.69, 9.17) is 0 Å². The van der Waals surface area contributed by atoms with Crippen LogP contribution in [0.15, 0.2) is 35.1 Å². The first kappa shape index (κ1) is 11.9. The number of pyridine rings is 1. The molecule has 90 valence electrons. The van der Waals surface area contributed by atoms with Crippen LogP contribution >= 0.6 is 0 Å². The van der Waals surface area contributed by atoms with Gasteiger partial charge in [-0.2, -0.15) is 0 Å². The van der Waals surface area contributed by atoms with Crippen LogP contribution in [0.5, 0.6) is 0 Å². The van der Waals surface area contributed by atoms with E-state index in [2.05, 4.69) is 32.0 Å². The molecule has 2 aromatic rings. The van der Waals surface area contributed by atoms with Crippen molar-refractivity contribution >= 4 is 10.9 Å². The Hall–Kier alpha value is -1.57. The van der Waals surface area contributed by atoms with E-state index in [1.807, 2.05) is 24.5 Å². The Kier molecular flexibility index (Phi) is 3.05. The Morgan fingerprint density at radius 1 is 1.00 bits per heavy atom. The standard InChI is InChI=1S/C15H19NO/c1-10(2)12-5-7-14-13(9-12)6-8-15(17)16(14)11(3)4/h5-11H,1-4H3. The molecule has 0 N–H and O–H groups in total. The van der Waals surface area contributed by atoms with Gasteiger partial charge in [0.25, 0.3) is 5.56 Å². The third kappa shape index (κ3) is 2.12. The van der Waals surface area contributed by atoms with Crippen molar-refractivity contribution in [1.82, 2.24) is 4.57 Å². The van der Waals surface area contributed by atoms with Gasteiger partial charge in [0.2, 0.25) is 0 Å². The van der Waals surface area contributed by atoms with Crippen LogP contribution in [0.3, 0.4) is 0 Å². The summed E-state index contributed by atoms with van der Waals surface area (Å²) in [6.45, 7) is 8.44. The van der Waals surface area contributed by atoms with Crippen LogP contribution in [-0.2, 0) is 0 Å². The van der Waals surface area contributed by atoms with Crippen molar-refractivity contribution in [3.8, 4) is 0 Å². The molecule has 2 heteroatoms. The molecule has 1 aromatic heterocycles. The summed E-state index contributed by atoms with van der Waals surface area (Å²) in [6.07, 6.45) is 0. The maximum atomic E-state index is 11.9. The zero-order chi connectivity index (χ0) is 12.6. The molecule has 0 aliphatic rings. The fourth-order valence-corrected chi connectivity index (χ4v) is 2.18. The van der Waals surface area contributed by atoms with Crippen molar-refractivity contribution in [2.24, 2.45) is 0 Å². The Balaban J connectivity index is 2.75. The Morgan fingerprint density at radius 2 is 1.71 bits per heavy atom. The first-order valence-corrected chi connectivity index (χ1v) is 6.16. The predicted molar refractivity (Wildman–Crippen MR) is 72.7 cm³/mol. The molecule has 0 bridgehead atoms. The van der Waals surface area contributed by atoms with Crippen LogP contribution in [-0.4, -0.2) is 4.57 Å². The number of fused-ring (bicyclic) bond motifs is 1. The normalized spacial score (nSPS) is 11.6. The zero-order valence-corrected chi connectivity index (χ0v) is 10.9. The van der Waals surface area contributed by atoms with Gasteiger partial charge in [-0.3, -0.25) is 4.79 Å². The lowest BCUT2D eigenvalue weighted by Gasteiger charge is -2.15. The average Bonchev–Trinajstić information content (AvgIpc) is 2.27. The maximum Gasteiger partial charge on any atom is 0.251 e. The third-order valence-corrected chi connectivity index (χ3v) is 3.14. The van der Waals surface area contributed by atoms with Crippen molar-refractivity contribution in [3.63, 3.8) is 0 Å². The molecule has 0 aliphatic carbocycles. The highest BCUT2D eigenvalue weighted by molar-refractivity contribution is 5.80. The molecular weight excluding hydrogens is 210 g/mol. The van der Waals surface area contributed by atoms with Gasteiger partial charge in [0.1, 0.15) is 0 Å². The maximum absolute atomic E-state index is 11.9. The monoisotopic (exact) mass is 229 g/mol. The molecule has 1 heterocycles. The van der Waals surface area contributed by atoms with Crippen molar-refractivity contribution in [1.29, 1.82) is 0 Å². The zero-order valence-electron chi connectivity index (χ0n) is 10.9. The van der Waals surface area contributed by atoms with Gasteiger partial charge in [0.15, 0.2) is 0 Å². The van der Waals surface area contributed by atoms with E-state index in [0.29, 0.717) is 5.92 Å². The van der Waals surface area contributed by atoms with E-state index >= 15 is 0 Å². The lowest BCUT2D eigenvalue weighted by Crippen LogP contribution is -2.21. The highest BCUT2D eigenvalue weighted by atomic mass is 16.1.